The summed E-state index contributed by atoms with van der Waals surface area (Å²) in [6.07, 6.45) is 4.71. The Hall–Kier alpha value is -2.65. The molecular weight excluding hydrogens is 574 g/mol. The number of pyridine rings is 1. The van der Waals surface area contributed by atoms with Gasteiger partial charge in [-0.2, -0.15) is 0 Å². The third-order valence-electron chi connectivity index (χ3n) is 9.68. The predicted molar refractivity (Wildman–Crippen MR) is 167 cm³/mol. The van der Waals surface area contributed by atoms with Gasteiger partial charge in [0.2, 0.25) is 5.92 Å². The molecule has 3 fully saturated rings. The Kier molecular flexibility index (Phi) is 9.71. The molecule has 10 heteroatoms. The molecule has 0 radical (unpaired) electrons. The summed E-state index contributed by atoms with van der Waals surface area (Å²) in [6.45, 7) is 10.8. The van der Waals surface area contributed by atoms with Crippen molar-refractivity contribution >= 4 is 23.2 Å². The second-order valence-electron chi connectivity index (χ2n) is 12.9. The largest absolute Gasteiger partial charge is 0.490 e. The lowest BCUT2D eigenvalue weighted by molar-refractivity contribution is -0.0380. The number of hydrogen-bond acceptors (Lipinski definition) is 5. The first-order chi connectivity index (χ1) is 20.4. The average molecular weight is 619 g/mol. The minimum atomic E-state index is -2.64. The number of hydrogen-bond donors (Lipinski definition) is 2. The Balaban J connectivity index is 1.37. The fourth-order valence-electron chi connectivity index (χ4n) is 6.87. The van der Waals surface area contributed by atoms with Crippen LogP contribution in [0.4, 0.5) is 14.5 Å². The number of halogens is 3. The van der Waals surface area contributed by atoms with E-state index >= 15 is 0 Å². The van der Waals surface area contributed by atoms with E-state index in [1.807, 2.05) is 37.8 Å². The van der Waals surface area contributed by atoms with Crippen LogP contribution in [-0.2, 0) is 6.54 Å². The number of anilines is 1. The molecule has 2 N–H and O–H groups in total. The highest BCUT2D eigenvalue weighted by atomic mass is 35.5. The summed E-state index contributed by atoms with van der Waals surface area (Å²) in [4.78, 5) is 33.5. The minimum Gasteiger partial charge on any atom is -0.490 e. The van der Waals surface area contributed by atoms with Crippen molar-refractivity contribution in [2.24, 2.45) is 5.92 Å². The van der Waals surface area contributed by atoms with Crippen LogP contribution in [-0.4, -0.2) is 59.5 Å². The molecular formula is C33H45ClF2N4O3. The summed E-state index contributed by atoms with van der Waals surface area (Å²) >= 11 is 6.93. The SMILES string of the molecule is CCN(c1cc(O[C@H]2C[C@@H](N3CCC(C)CC3)C2)cc(C(=O)NCc2c(C)cc(C)[nH]c2=O)c1Cl)C1CCC(F)(F)CC1. The van der Waals surface area contributed by atoms with Gasteiger partial charge in [-0.15, -0.1) is 0 Å². The number of carbonyl (C=O) groups is 1. The van der Waals surface area contributed by atoms with Crippen LogP contribution in [0.15, 0.2) is 23.0 Å². The standard InChI is InChI=1S/C33H45ClF2N4O3/c1-5-40(23-6-10-33(35,36)11-7-23)29-18-26(43-25-15-24(16-25)39-12-8-20(2)9-13-39)17-27(30(29)34)31(41)37-19-28-21(3)14-22(4)38-32(28)42/h14,17-18,20,23-25H,5-13,15-16,19H2,1-4H3,(H,37,41)(H,38,42)/t24-,25+. The van der Waals surface area contributed by atoms with Crippen molar-refractivity contribution in [2.75, 3.05) is 24.5 Å². The lowest BCUT2D eigenvalue weighted by Gasteiger charge is -2.45. The molecule has 2 aromatic rings. The van der Waals surface area contributed by atoms with E-state index in [2.05, 4.69) is 22.1 Å². The fraction of sp³-hybridized carbons (Fsp3) is 0.636. The summed E-state index contributed by atoms with van der Waals surface area (Å²) in [7, 11) is 0. The van der Waals surface area contributed by atoms with Gasteiger partial charge in [0, 0.05) is 68.2 Å². The van der Waals surface area contributed by atoms with Gasteiger partial charge in [0.15, 0.2) is 0 Å². The van der Waals surface area contributed by atoms with Crippen LogP contribution < -0.4 is 20.5 Å². The molecule has 0 atom stereocenters. The maximum Gasteiger partial charge on any atom is 0.253 e. The summed E-state index contributed by atoms with van der Waals surface area (Å²) in [6, 6.07) is 5.80. The molecule has 0 bridgehead atoms. The quantitative estimate of drug-likeness (QED) is 0.330. The van der Waals surface area contributed by atoms with Crippen LogP contribution >= 0.6 is 11.6 Å². The van der Waals surface area contributed by atoms with Crippen molar-refractivity contribution in [1.29, 1.82) is 0 Å². The number of ether oxygens (including phenoxy) is 1. The van der Waals surface area contributed by atoms with E-state index in [-0.39, 0.29) is 47.7 Å². The van der Waals surface area contributed by atoms with E-state index in [1.54, 1.807) is 6.07 Å². The molecule has 43 heavy (non-hydrogen) atoms. The molecule has 1 aromatic carbocycles. The molecule has 0 spiro atoms. The molecule has 1 amide bonds. The monoisotopic (exact) mass is 618 g/mol. The van der Waals surface area contributed by atoms with Gasteiger partial charge in [0.05, 0.1) is 16.3 Å². The number of alkyl halides is 2. The third-order valence-corrected chi connectivity index (χ3v) is 10.1. The van der Waals surface area contributed by atoms with E-state index in [9.17, 15) is 18.4 Å². The molecule has 2 saturated carbocycles. The van der Waals surface area contributed by atoms with Crippen molar-refractivity contribution in [3.63, 3.8) is 0 Å². The predicted octanol–water partition coefficient (Wildman–Crippen LogP) is 6.62. The summed E-state index contributed by atoms with van der Waals surface area (Å²) in [5.41, 5.74) is 2.65. The number of likely N-dealkylation sites (tertiary alicyclic amines) is 1. The Morgan fingerprint density at radius 1 is 1.14 bits per heavy atom. The smallest absolute Gasteiger partial charge is 0.253 e. The van der Waals surface area contributed by atoms with Crippen LogP contribution in [0.2, 0.25) is 5.02 Å². The second kappa shape index (κ2) is 13.1. The highest BCUT2D eigenvalue weighted by molar-refractivity contribution is 6.36. The first-order valence-corrected chi connectivity index (χ1v) is 16.2. The molecule has 7 nitrogen and oxygen atoms in total. The highest BCUT2D eigenvalue weighted by Crippen LogP contribution is 2.42. The van der Waals surface area contributed by atoms with E-state index in [4.69, 9.17) is 16.3 Å². The van der Waals surface area contributed by atoms with Crippen LogP contribution in [0.1, 0.15) is 92.4 Å². The maximum absolute atomic E-state index is 14.0. The number of rotatable bonds is 9. The number of H-pyrrole nitrogens is 1. The zero-order valence-electron chi connectivity index (χ0n) is 25.8. The van der Waals surface area contributed by atoms with Crippen LogP contribution in [0.25, 0.3) is 0 Å². The fourth-order valence-corrected chi connectivity index (χ4v) is 7.17. The van der Waals surface area contributed by atoms with Crippen molar-refractivity contribution < 1.29 is 18.3 Å². The molecule has 1 saturated heterocycles. The van der Waals surface area contributed by atoms with Crippen molar-refractivity contribution in [2.45, 2.75) is 110 Å². The van der Waals surface area contributed by atoms with E-state index in [0.29, 0.717) is 42.4 Å². The minimum absolute atomic E-state index is 0.0338. The van der Waals surface area contributed by atoms with Gasteiger partial charge in [-0.3, -0.25) is 9.59 Å². The third kappa shape index (κ3) is 7.36. The van der Waals surface area contributed by atoms with Gasteiger partial charge in [0.1, 0.15) is 11.9 Å². The Bertz CT molecular complexity index is 1360. The number of amides is 1. The Morgan fingerprint density at radius 3 is 2.44 bits per heavy atom. The zero-order chi connectivity index (χ0) is 30.9. The van der Waals surface area contributed by atoms with E-state index in [1.165, 1.54) is 12.8 Å². The normalized spacial score (nSPS) is 23.0. The highest BCUT2D eigenvalue weighted by Gasteiger charge is 2.39. The number of piperidine rings is 1. The van der Waals surface area contributed by atoms with Crippen molar-refractivity contribution in [3.05, 3.63) is 56.0 Å². The molecule has 1 aromatic heterocycles. The van der Waals surface area contributed by atoms with E-state index < -0.39 is 11.8 Å². The molecule has 3 aliphatic rings. The topological polar surface area (TPSA) is 77.7 Å². The van der Waals surface area contributed by atoms with E-state index in [0.717, 1.165) is 43.1 Å². The molecule has 0 unspecified atom stereocenters. The Labute approximate surface area is 258 Å². The summed E-state index contributed by atoms with van der Waals surface area (Å²) in [5.74, 6) is -1.74. The van der Waals surface area contributed by atoms with Crippen LogP contribution in [0.3, 0.4) is 0 Å². The number of nitrogens with zero attached hydrogens (tertiary/aromatic N) is 2. The number of aryl methyl sites for hydroxylation is 2. The van der Waals surface area contributed by atoms with Crippen LogP contribution in [0, 0.1) is 19.8 Å². The zero-order valence-corrected chi connectivity index (χ0v) is 26.5. The van der Waals surface area contributed by atoms with Crippen LogP contribution in [0.5, 0.6) is 5.75 Å². The van der Waals surface area contributed by atoms with Crippen molar-refractivity contribution in [3.8, 4) is 5.75 Å². The first kappa shape index (κ1) is 31.8. The van der Waals surface area contributed by atoms with Gasteiger partial charge in [0.25, 0.3) is 11.5 Å². The second-order valence-corrected chi connectivity index (χ2v) is 13.3. The first-order valence-electron chi connectivity index (χ1n) is 15.8. The van der Waals surface area contributed by atoms with Crippen molar-refractivity contribution in [1.82, 2.24) is 15.2 Å². The van der Waals surface area contributed by atoms with Gasteiger partial charge >= 0.3 is 0 Å². The molecule has 2 aliphatic carbocycles. The average Bonchev–Trinajstić information content (AvgIpc) is 2.93. The van der Waals surface area contributed by atoms with Gasteiger partial charge in [-0.05, 0) is 83.2 Å². The van der Waals surface area contributed by atoms with Gasteiger partial charge in [-0.1, -0.05) is 18.5 Å². The Morgan fingerprint density at radius 2 is 1.81 bits per heavy atom. The number of carbonyl (C=O) groups excluding carboxylic acids is 1. The molecule has 236 valence electrons. The summed E-state index contributed by atoms with van der Waals surface area (Å²) in [5, 5.41) is 3.13. The van der Waals surface area contributed by atoms with Gasteiger partial charge < -0.3 is 24.8 Å². The maximum atomic E-state index is 14.0. The number of aromatic amines is 1. The number of nitrogens with one attached hydrogen (secondary N) is 2. The number of benzene rings is 1. The molecule has 2 heterocycles. The number of aromatic nitrogens is 1. The van der Waals surface area contributed by atoms with Gasteiger partial charge in [-0.25, -0.2) is 8.78 Å². The summed E-state index contributed by atoms with van der Waals surface area (Å²) < 4.78 is 34.4. The lowest BCUT2D eigenvalue weighted by atomic mass is 9.85. The lowest BCUT2D eigenvalue weighted by Crippen LogP contribution is -2.51. The molecule has 1 aliphatic heterocycles. The molecule has 5 rings (SSSR count).